The summed E-state index contributed by atoms with van der Waals surface area (Å²) in [6, 6.07) is 0.221. The number of likely N-dealkylation sites (tertiary alicyclic amines) is 1. The summed E-state index contributed by atoms with van der Waals surface area (Å²) in [5, 5.41) is 8.66. The number of hydrogen-bond donors (Lipinski definition) is 0. The minimum absolute atomic E-state index is 0.168. The smallest absolute Gasteiger partial charge is 0.230 e. The molecule has 0 aromatic carbocycles. The molecule has 7 nitrogen and oxygen atoms in total. The van der Waals surface area contributed by atoms with Crippen molar-refractivity contribution >= 4 is 5.91 Å². The van der Waals surface area contributed by atoms with Gasteiger partial charge in [0.15, 0.2) is 0 Å². The molecule has 0 spiro atoms. The number of hydrogen-bond acceptors (Lipinski definition) is 4. The Hall–Kier alpha value is -2.18. The fraction of sp³-hybridized carbons (Fsp3) is 0.625. The topological polar surface area (TPSA) is 68.8 Å². The van der Waals surface area contributed by atoms with Crippen LogP contribution in [-0.2, 0) is 11.8 Å². The van der Waals surface area contributed by atoms with E-state index in [-0.39, 0.29) is 17.9 Å². The zero-order valence-electron chi connectivity index (χ0n) is 14.2. The molecule has 0 bridgehead atoms. The molecular formula is C16H24N6O. The second-order valence-electron chi connectivity index (χ2n) is 6.39. The van der Waals surface area contributed by atoms with Gasteiger partial charge in [0.05, 0.1) is 17.7 Å². The lowest BCUT2D eigenvalue weighted by molar-refractivity contribution is -0.134. The standard InChI is InChI=1S/C16H24N6O/c1-11(15-12(2)19-20(4)13(15)3)16(23)21-7-5-6-14(8-21)22-10-17-9-18-22/h9-11,14H,5-8H2,1-4H3/t11-,14-/m1/s1. The van der Waals surface area contributed by atoms with Crippen molar-refractivity contribution in [2.75, 3.05) is 13.1 Å². The van der Waals surface area contributed by atoms with E-state index in [2.05, 4.69) is 15.2 Å². The van der Waals surface area contributed by atoms with E-state index in [1.165, 1.54) is 0 Å². The first-order valence-corrected chi connectivity index (χ1v) is 8.12. The summed E-state index contributed by atoms with van der Waals surface area (Å²) in [5.41, 5.74) is 3.06. The highest BCUT2D eigenvalue weighted by Crippen LogP contribution is 2.28. The second kappa shape index (κ2) is 6.14. The van der Waals surface area contributed by atoms with Gasteiger partial charge in [-0.05, 0) is 33.6 Å². The molecular weight excluding hydrogens is 292 g/mol. The van der Waals surface area contributed by atoms with Crippen LogP contribution >= 0.6 is 0 Å². The molecule has 1 fully saturated rings. The number of nitrogens with zero attached hydrogens (tertiary/aromatic N) is 6. The number of piperidine rings is 1. The van der Waals surface area contributed by atoms with Crippen LogP contribution in [0.1, 0.15) is 48.7 Å². The van der Waals surface area contributed by atoms with Crippen LogP contribution in [0.25, 0.3) is 0 Å². The van der Waals surface area contributed by atoms with Crippen LogP contribution in [0.15, 0.2) is 12.7 Å². The summed E-state index contributed by atoms with van der Waals surface area (Å²) in [6.07, 6.45) is 5.31. The van der Waals surface area contributed by atoms with Gasteiger partial charge in [0.25, 0.3) is 0 Å². The molecule has 0 radical (unpaired) electrons. The summed E-state index contributed by atoms with van der Waals surface area (Å²) < 4.78 is 3.72. The molecule has 0 aliphatic carbocycles. The Morgan fingerprint density at radius 2 is 2.17 bits per heavy atom. The molecule has 1 aliphatic heterocycles. The lowest BCUT2D eigenvalue weighted by Gasteiger charge is -2.34. The first-order valence-electron chi connectivity index (χ1n) is 8.12. The number of amides is 1. The van der Waals surface area contributed by atoms with E-state index in [1.54, 1.807) is 12.7 Å². The minimum Gasteiger partial charge on any atom is -0.340 e. The van der Waals surface area contributed by atoms with E-state index in [4.69, 9.17) is 0 Å². The summed E-state index contributed by atoms with van der Waals surface area (Å²) in [4.78, 5) is 18.9. The average molecular weight is 316 g/mol. The Morgan fingerprint density at radius 3 is 2.78 bits per heavy atom. The quantitative estimate of drug-likeness (QED) is 0.862. The van der Waals surface area contributed by atoms with E-state index in [9.17, 15) is 4.79 Å². The van der Waals surface area contributed by atoms with Crippen molar-refractivity contribution in [3.8, 4) is 0 Å². The van der Waals surface area contributed by atoms with Crippen molar-refractivity contribution < 1.29 is 4.79 Å². The van der Waals surface area contributed by atoms with Crippen molar-refractivity contribution in [2.24, 2.45) is 7.05 Å². The molecule has 0 saturated carbocycles. The monoisotopic (exact) mass is 316 g/mol. The number of carbonyl (C=O) groups is 1. The van der Waals surface area contributed by atoms with E-state index in [0.717, 1.165) is 36.3 Å². The van der Waals surface area contributed by atoms with E-state index < -0.39 is 0 Å². The SMILES string of the molecule is Cc1nn(C)c(C)c1[C@@H](C)C(=O)N1CCC[C@@H](n2cncn2)C1. The molecule has 0 unspecified atom stereocenters. The zero-order valence-corrected chi connectivity index (χ0v) is 14.2. The van der Waals surface area contributed by atoms with Gasteiger partial charge in [-0.25, -0.2) is 9.67 Å². The third kappa shape index (κ3) is 2.87. The molecule has 23 heavy (non-hydrogen) atoms. The molecule has 2 aromatic heterocycles. The first-order chi connectivity index (χ1) is 11.0. The van der Waals surface area contributed by atoms with Gasteiger partial charge in [-0.3, -0.25) is 9.48 Å². The fourth-order valence-electron chi connectivity index (χ4n) is 3.59. The zero-order chi connectivity index (χ0) is 16.6. The Balaban J connectivity index is 1.77. The third-order valence-electron chi connectivity index (χ3n) is 4.89. The Bertz CT molecular complexity index is 690. The number of carbonyl (C=O) groups excluding carboxylic acids is 1. The highest BCUT2D eigenvalue weighted by molar-refractivity contribution is 5.84. The van der Waals surface area contributed by atoms with E-state index in [0.29, 0.717) is 6.54 Å². The molecule has 1 aliphatic rings. The second-order valence-corrected chi connectivity index (χ2v) is 6.39. The van der Waals surface area contributed by atoms with E-state index in [1.807, 2.05) is 42.1 Å². The third-order valence-corrected chi connectivity index (χ3v) is 4.89. The van der Waals surface area contributed by atoms with Crippen LogP contribution in [0.4, 0.5) is 0 Å². The van der Waals surface area contributed by atoms with Crippen LogP contribution in [0.3, 0.4) is 0 Å². The van der Waals surface area contributed by atoms with Crippen molar-refractivity contribution in [3.05, 3.63) is 29.6 Å². The normalized spacial score (nSPS) is 19.8. The molecule has 1 saturated heterocycles. The molecule has 2 atom stereocenters. The lowest BCUT2D eigenvalue weighted by Crippen LogP contribution is -2.42. The highest BCUT2D eigenvalue weighted by atomic mass is 16.2. The number of aromatic nitrogens is 5. The fourth-order valence-corrected chi connectivity index (χ4v) is 3.59. The van der Waals surface area contributed by atoms with Crippen LogP contribution < -0.4 is 0 Å². The average Bonchev–Trinajstić information content (AvgIpc) is 3.16. The van der Waals surface area contributed by atoms with Gasteiger partial charge < -0.3 is 4.90 Å². The molecule has 3 rings (SSSR count). The highest BCUT2D eigenvalue weighted by Gasteiger charge is 2.30. The maximum absolute atomic E-state index is 13.0. The Labute approximate surface area is 136 Å². The Morgan fingerprint density at radius 1 is 1.39 bits per heavy atom. The number of aryl methyl sites for hydroxylation is 2. The largest absolute Gasteiger partial charge is 0.340 e. The summed E-state index contributed by atoms with van der Waals surface area (Å²) in [7, 11) is 1.92. The van der Waals surface area contributed by atoms with Gasteiger partial charge in [0.2, 0.25) is 5.91 Å². The molecule has 124 valence electrons. The van der Waals surface area contributed by atoms with E-state index >= 15 is 0 Å². The van der Waals surface area contributed by atoms with Crippen LogP contribution in [0.2, 0.25) is 0 Å². The summed E-state index contributed by atoms with van der Waals surface area (Å²) in [6.45, 7) is 7.49. The predicted molar refractivity (Wildman–Crippen MR) is 86.0 cm³/mol. The van der Waals surface area contributed by atoms with Gasteiger partial charge in [-0.15, -0.1) is 0 Å². The van der Waals surface area contributed by atoms with Crippen molar-refractivity contribution in [1.82, 2.24) is 29.4 Å². The van der Waals surface area contributed by atoms with Crippen LogP contribution in [0.5, 0.6) is 0 Å². The number of rotatable bonds is 3. The van der Waals surface area contributed by atoms with Crippen molar-refractivity contribution in [3.63, 3.8) is 0 Å². The lowest BCUT2D eigenvalue weighted by atomic mass is 9.96. The van der Waals surface area contributed by atoms with Gasteiger partial charge in [0.1, 0.15) is 12.7 Å². The summed E-state index contributed by atoms with van der Waals surface area (Å²) >= 11 is 0. The minimum atomic E-state index is -0.168. The molecule has 1 amide bonds. The van der Waals surface area contributed by atoms with Crippen molar-refractivity contribution in [1.29, 1.82) is 0 Å². The van der Waals surface area contributed by atoms with Gasteiger partial charge in [-0.1, -0.05) is 0 Å². The molecule has 7 heteroatoms. The maximum Gasteiger partial charge on any atom is 0.230 e. The molecule has 0 N–H and O–H groups in total. The van der Waals surface area contributed by atoms with Crippen LogP contribution in [0, 0.1) is 13.8 Å². The summed E-state index contributed by atoms with van der Waals surface area (Å²) in [5.74, 6) is 0.00668. The Kier molecular flexibility index (Phi) is 4.19. The van der Waals surface area contributed by atoms with Crippen LogP contribution in [-0.4, -0.2) is 48.4 Å². The maximum atomic E-state index is 13.0. The van der Waals surface area contributed by atoms with Gasteiger partial charge in [0, 0.05) is 31.4 Å². The van der Waals surface area contributed by atoms with Crippen molar-refractivity contribution in [2.45, 2.75) is 45.6 Å². The predicted octanol–water partition coefficient (Wildman–Crippen LogP) is 1.60. The first kappa shape index (κ1) is 15.7. The molecule has 3 heterocycles. The molecule has 2 aromatic rings. The van der Waals surface area contributed by atoms with Gasteiger partial charge >= 0.3 is 0 Å². The van der Waals surface area contributed by atoms with Gasteiger partial charge in [-0.2, -0.15) is 10.2 Å².